The maximum absolute atomic E-state index is 13.3. The number of allylic oxidation sites excluding steroid dienone is 3. The number of carbonyl (C=O) groups is 1. The molecule has 0 radical (unpaired) electrons. The molecule has 0 atom stereocenters. The fourth-order valence-electron chi connectivity index (χ4n) is 2.17. The molecule has 0 bridgehead atoms. The topological polar surface area (TPSA) is 41.1 Å². The van der Waals surface area contributed by atoms with Crippen molar-refractivity contribution in [3.05, 3.63) is 45.2 Å². The summed E-state index contributed by atoms with van der Waals surface area (Å²) in [6.45, 7) is 3.38. The lowest BCUT2D eigenvalue weighted by atomic mass is 10.0. The number of amides is 1. The van der Waals surface area contributed by atoms with Gasteiger partial charge in [0.05, 0.1) is 21.9 Å². The fraction of sp³-hybridized carbons (Fsp3) is 0.312. The van der Waals surface area contributed by atoms with Gasteiger partial charge < -0.3 is 10.6 Å². The van der Waals surface area contributed by atoms with Crippen LogP contribution in [0.3, 0.4) is 0 Å². The number of nitrogens with one attached hydrogen (secondary N) is 2. The SMILES string of the molecule is CNc1ccccc1NC(=O)C1=C(C(F)(F)F)CC(C)=C(C)S1. The van der Waals surface area contributed by atoms with E-state index in [1.807, 2.05) is 0 Å². The van der Waals surface area contributed by atoms with Crippen molar-refractivity contribution in [1.29, 1.82) is 0 Å². The van der Waals surface area contributed by atoms with Crippen LogP contribution in [0.15, 0.2) is 45.2 Å². The molecule has 0 aliphatic carbocycles. The average Bonchev–Trinajstić information content (AvgIpc) is 2.49. The second-order valence-electron chi connectivity index (χ2n) is 5.17. The molecule has 1 heterocycles. The smallest absolute Gasteiger partial charge is 0.386 e. The molecule has 0 saturated heterocycles. The van der Waals surface area contributed by atoms with Gasteiger partial charge in [0.2, 0.25) is 0 Å². The molecular weight excluding hydrogens is 325 g/mol. The summed E-state index contributed by atoms with van der Waals surface area (Å²) in [4.78, 5) is 12.8. The lowest BCUT2D eigenvalue weighted by Crippen LogP contribution is -2.23. The Hall–Kier alpha value is -1.89. The van der Waals surface area contributed by atoms with Gasteiger partial charge in [0, 0.05) is 13.5 Å². The van der Waals surface area contributed by atoms with Crippen LogP contribution < -0.4 is 10.6 Å². The van der Waals surface area contributed by atoms with E-state index in [2.05, 4.69) is 10.6 Å². The molecule has 23 heavy (non-hydrogen) atoms. The van der Waals surface area contributed by atoms with E-state index in [0.29, 0.717) is 16.9 Å². The first-order valence-corrected chi connectivity index (χ1v) is 7.78. The Morgan fingerprint density at radius 1 is 1.17 bits per heavy atom. The van der Waals surface area contributed by atoms with Gasteiger partial charge in [-0.3, -0.25) is 4.79 Å². The molecule has 2 N–H and O–H groups in total. The lowest BCUT2D eigenvalue weighted by Gasteiger charge is -2.23. The number of hydrogen-bond donors (Lipinski definition) is 2. The van der Waals surface area contributed by atoms with Crippen molar-refractivity contribution in [2.75, 3.05) is 17.7 Å². The molecule has 0 saturated carbocycles. The molecule has 1 aromatic rings. The molecule has 0 fully saturated rings. The van der Waals surface area contributed by atoms with Crippen LogP contribution in [0.5, 0.6) is 0 Å². The van der Waals surface area contributed by atoms with E-state index >= 15 is 0 Å². The number of halogens is 3. The van der Waals surface area contributed by atoms with Crippen LogP contribution in [0.4, 0.5) is 24.5 Å². The highest BCUT2D eigenvalue weighted by molar-refractivity contribution is 8.07. The lowest BCUT2D eigenvalue weighted by molar-refractivity contribution is -0.114. The first-order valence-electron chi connectivity index (χ1n) is 6.96. The molecule has 1 aliphatic heterocycles. The number of carbonyl (C=O) groups excluding carboxylic acids is 1. The fourth-order valence-corrected chi connectivity index (χ4v) is 3.18. The Labute approximate surface area is 137 Å². The summed E-state index contributed by atoms with van der Waals surface area (Å²) in [5.74, 6) is -0.739. The summed E-state index contributed by atoms with van der Waals surface area (Å²) >= 11 is 0.877. The summed E-state index contributed by atoms with van der Waals surface area (Å²) in [5.41, 5.74) is 0.928. The average molecular weight is 342 g/mol. The predicted octanol–water partition coefficient (Wildman–Crippen LogP) is 4.91. The first kappa shape index (κ1) is 17.5. The second-order valence-corrected chi connectivity index (χ2v) is 6.40. The molecule has 2 rings (SSSR count). The number of hydrogen-bond acceptors (Lipinski definition) is 3. The van der Waals surface area contributed by atoms with Gasteiger partial charge in [-0.15, -0.1) is 0 Å². The summed E-state index contributed by atoms with van der Waals surface area (Å²) in [5, 5.41) is 5.46. The Morgan fingerprint density at radius 2 is 1.78 bits per heavy atom. The largest absolute Gasteiger partial charge is 0.414 e. The van der Waals surface area contributed by atoms with Crippen molar-refractivity contribution < 1.29 is 18.0 Å². The van der Waals surface area contributed by atoms with E-state index in [9.17, 15) is 18.0 Å². The van der Waals surface area contributed by atoms with E-state index < -0.39 is 17.7 Å². The maximum Gasteiger partial charge on any atom is 0.414 e. The van der Waals surface area contributed by atoms with Crippen molar-refractivity contribution in [2.24, 2.45) is 0 Å². The monoisotopic (exact) mass is 342 g/mol. The maximum atomic E-state index is 13.3. The van der Waals surface area contributed by atoms with E-state index in [-0.39, 0.29) is 11.3 Å². The second kappa shape index (κ2) is 6.70. The van der Waals surface area contributed by atoms with Crippen LogP contribution in [0.1, 0.15) is 20.3 Å². The first-order chi connectivity index (χ1) is 10.7. The highest BCUT2D eigenvalue weighted by Crippen LogP contribution is 2.45. The van der Waals surface area contributed by atoms with Crippen molar-refractivity contribution in [3.63, 3.8) is 0 Å². The highest BCUT2D eigenvalue weighted by Gasteiger charge is 2.40. The standard InChI is InChI=1S/C16H17F3N2OS/c1-9-8-11(16(17,18)19)14(23-10(9)2)15(22)21-13-7-5-4-6-12(13)20-3/h4-7,20H,8H2,1-3H3,(H,21,22). The van der Waals surface area contributed by atoms with Crippen LogP contribution in [0.25, 0.3) is 0 Å². The molecule has 1 amide bonds. The van der Waals surface area contributed by atoms with Crippen molar-refractivity contribution in [2.45, 2.75) is 26.4 Å². The highest BCUT2D eigenvalue weighted by atomic mass is 32.2. The molecule has 124 valence electrons. The van der Waals surface area contributed by atoms with Gasteiger partial charge in [0.15, 0.2) is 0 Å². The van der Waals surface area contributed by atoms with Crippen LogP contribution in [-0.2, 0) is 4.79 Å². The minimum absolute atomic E-state index is 0.251. The summed E-state index contributed by atoms with van der Waals surface area (Å²) in [7, 11) is 1.68. The quantitative estimate of drug-likeness (QED) is 0.820. The zero-order valence-electron chi connectivity index (χ0n) is 13.0. The van der Waals surface area contributed by atoms with Crippen LogP contribution >= 0.6 is 11.8 Å². The molecule has 3 nitrogen and oxygen atoms in total. The van der Waals surface area contributed by atoms with Crippen LogP contribution in [0, 0.1) is 0 Å². The molecular formula is C16H17F3N2OS. The normalized spacial score (nSPS) is 15.7. The molecule has 7 heteroatoms. The van der Waals surface area contributed by atoms with Crippen molar-refractivity contribution in [1.82, 2.24) is 0 Å². The number of para-hydroxylation sites is 2. The Bertz CT molecular complexity index is 693. The van der Waals surface area contributed by atoms with E-state index in [1.54, 1.807) is 45.2 Å². The molecule has 1 aliphatic rings. The molecule has 0 aromatic heterocycles. The molecule has 0 spiro atoms. The van der Waals surface area contributed by atoms with Gasteiger partial charge in [-0.25, -0.2) is 0 Å². The third kappa shape index (κ3) is 3.90. The number of benzene rings is 1. The predicted molar refractivity (Wildman–Crippen MR) is 88.3 cm³/mol. The van der Waals surface area contributed by atoms with Crippen molar-refractivity contribution in [3.8, 4) is 0 Å². The van der Waals surface area contributed by atoms with Gasteiger partial charge in [-0.2, -0.15) is 13.2 Å². The third-order valence-electron chi connectivity index (χ3n) is 3.57. The van der Waals surface area contributed by atoms with Crippen LogP contribution in [0.2, 0.25) is 0 Å². The van der Waals surface area contributed by atoms with Gasteiger partial charge in [-0.05, 0) is 30.9 Å². The molecule has 0 unspecified atom stereocenters. The Morgan fingerprint density at radius 3 is 2.35 bits per heavy atom. The Balaban J connectivity index is 2.35. The van der Waals surface area contributed by atoms with Gasteiger partial charge in [0.1, 0.15) is 0 Å². The minimum Gasteiger partial charge on any atom is -0.386 e. The van der Waals surface area contributed by atoms with E-state index in [1.165, 1.54) is 0 Å². The third-order valence-corrected chi connectivity index (χ3v) is 4.86. The van der Waals surface area contributed by atoms with Crippen molar-refractivity contribution >= 4 is 29.0 Å². The van der Waals surface area contributed by atoms with Crippen LogP contribution in [-0.4, -0.2) is 19.1 Å². The number of rotatable bonds is 3. The zero-order valence-corrected chi connectivity index (χ0v) is 13.8. The minimum atomic E-state index is -4.52. The van der Waals surface area contributed by atoms with E-state index in [4.69, 9.17) is 0 Å². The number of alkyl halides is 3. The zero-order chi connectivity index (χ0) is 17.2. The molecule has 1 aromatic carbocycles. The number of thioether (sulfide) groups is 1. The number of anilines is 2. The van der Waals surface area contributed by atoms with Gasteiger partial charge >= 0.3 is 6.18 Å². The van der Waals surface area contributed by atoms with Gasteiger partial charge in [0.25, 0.3) is 5.91 Å². The summed E-state index contributed by atoms with van der Waals surface area (Å²) in [6, 6.07) is 6.85. The van der Waals surface area contributed by atoms with Gasteiger partial charge in [-0.1, -0.05) is 29.5 Å². The summed E-state index contributed by atoms with van der Waals surface area (Å²) in [6.07, 6.45) is -4.77. The Kier molecular flexibility index (Phi) is 5.09. The van der Waals surface area contributed by atoms with E-state index in [0.717, 1.165) is 16.7 Å². The summed E-state index contributed by atoms with van der Waals surface area (Å²) < 4.78 is 39.8.